The van der Waals surface area contributed by atoms with Crippen molar-refractivity contribution in [2.45, 2.75) is 174 Å². The predicted octanol–water partition coefficient (Wildman–Crippen LogP) is 8.56. The number of rotatable bonds is 34. The Balaban J connectivity index is 4.46. The molecule has 0 fully saturated rings. The molecule has 1 unspecified atom stereocenters. The van der Waals surface area contributed by atoms with Gasteiger partial charge in [-0.2, -0.15) is 0 Å². The molecule has 0 bridgehead atoms. The fourth-order valence-electron chi connectivity index (χ4n) is 4.82. The SMILES string of the molecule is CCCCCC/C=C/CCCCCCCC(=O)OC[C@H](COP(=O)(O)OC[C@H](N)C(=O)O)OC(=O)CCCCCCCCCCCC. The molecule has 0 rings (SSSR count). The zero-order chi connectivity index (χ0) is 35.0. The van der Waals surface area contributed by atoms with Crippen LogP contribution in [-0.4, -0.2) is 59.9 Å². The standard InChI is InChI=1S/C35H66NO10P/c1-3-5-7-9-11-13-15-16-17-19-20-22-24-26-33(37)43-28-31(29-44-47(41,42)45-30-32(36)35(39)40)46-34(38)27-25-23-21-18-14-12-10-8-6-4-2/h13,15,31-32H,3-12,14,16-30,36H2,1-2H3,(H,39,40)(H,41,42)/b15-13+/t31-,32+/m1/s1. The molecule has 12 heteroatoms. The number of carbonyl (C=O) groups is 3. The van der Waals surface area contributed by atoms with E-state index in [2.05, 4.69) is 30.5 Å². The number of carboxylic acid groups (broad SMARTS) is 1. The molecule has 0 aliphatic carbocycles. The number of phosphoric acid groups is 1. The molecule has 11 nitrogen and oxygen atoms in total. The maximum absolute atomic E-state index is 12.5. The van der Waals surface area contributed by atoms with Gasteiger partial charge in [0.05, 0.1) is 13.2 Å². The van der Waals surface area contributed by atoms with E-state index in [1.54, 1.807) is 0 Å². The van der Waals surface area contributed by atoms with Gasteiger partial charge in [-0.15, -0.1) is 0 Å². The fraction of sp³-hybridized carbons (Fsp3) is 0.857. The van der Waals surface area contributed by atoms with Crippen molar-refractivity contribution in [2.75, 3.05) is 19.8 Å². The minimum atomic E-state index is -4.70. The number of aliphatic carboxylic acids is 1. The van der Waals surface area contributed by atoms with E-state index in [1.807, 2.05) is 0 Å². The molecule has 0 aromatic rings. The fourth-order valence-corrected chi connectivity index (χ4v) is 5.60. The molecule has 0 saturated carbocycles. The largest absolute Gasteiger partial charge is 0.480 e. The third kappa shape index (κ3) is 31.3. The topological polar surface area (TPSA) is 172 Å². The van der Waals surface area contributed by atoms with Crippen molar-refractivity contribution in [1.82, 2.24) is 0 Å². The first-order chi connectivity index (χ1) is 22.6. The van der Waals surface area contributed by atoms with E-state index >= 15 is 0 Å². The van der Waals surface area contributed by atoms with Crippen molar-refractivity contribution in [3.05, 3.63) is 12.2 Å². The monoisotopic (exact) mass is 691 g/mol. The second kappa shape index (κ2) is 31.5. The summed E-state index contributed by atoms with van der Waals surface area (Å²) in [6.07, 6.45) is 27.2. The molecule has 3 atom stereocenters. The second-order valence-electron chi connectivity index (χ2n) is 12.4. The second-order valence-corrected chi connectivity index (χ2v) is 13.8. The Labute approximate surface area is 284 Å². The van der Waals surface area contributed by atoms with E-state index in [0.29, 0.717) is 12.8 Å². The van der Waals surface area contributed by atoms with Crippen molar-refractivity contribution in [1.29, 1.82) is 0 Å². The first-order valence-electron chi connectivity index (χ1n) is 18.2. The van der Waals surface area contributed by atoms with Crippen molar-refractivity contribution in [2.24, 2.45) is 5.73 Å². The average Bonchev–Trinajstić information content (AvgIpc) is 3.04. The van der Waals surface area contributed by atoms with Crippen molar-refractivity contribution in [3.63, 3.8) is 0 Å². The van der Waals surface area contributed by atoms with E-state index in [4.69, 9.17) is 24.8 Å². The average molecular weight is 692 g/mol. The predicted molar refractivity (Wildman–Crippen MR) is 185 cm³/mol. The molecule has 0 aliphatic heterocycles. The molecular weight excluding hydrogens is 625 g/mol. The Bertz CT molecular complexity index is 869. The summed E-state index contributed by atoms with van der Waals surface area (Å²) in [5.41, 5.74) is 5.30. The number of esters is 2. The van der Waals surface area contributed by atoms with E-state index in [9.17, 15) is 23.8 Å². The molecule has 0 amide bonds. The number of hydrogen-bond donors (Lipinski definition) is 3. The van der Waals surface area contributed by atoms with Crippen molar-refractivity contribution >= 4 is 25.7 Å². The Hall–Kier alpha value is -1.78. The summed E-state index contributed by atoms with van der Waals surface area (Å²) in [6, 6.07) is -1.52. The molecule has 0 spiro atoms. The van der Waals surface area contributed by atoms with Crippen LogP contribution in [0.15, 0.2) is 12.2 Å². The maximum atomic E-state index is 12.5. The molecule has 0 radical (unpaired) electrons. The van der Waals surface area contributed by atoms with Crippen molar-refractivity contribution in [3.8, 4) is 0 Å². The number of ether oxygens (including phenoxy) is 2. The number of hydrogen-bond acceptors (Lipinski definition) is 9. The molecule has 0 saturated heterocycles. The highest BCUT2D eigenvalue weighted by molar-refractivity contribution is 7.47. The van der Waals surface area contributed by atoms with Crippen LogP contribution in [-0.2, 0) is 37.5 Å². The summed E-state index contributed by atoms with van der Waals surface area (Å²) in [4.78, 5) is 45.6. The van der Waals surface area contributed by atoms with E-state index in [-0.39, 0.29) is 19.4 Å². The van der Waals surface area contributed by atoms with Gasteiger partial charge in [-0.05, 0) is 38.5 Å². The smallest absolute Gasteiger partial charge is 0.472 e. The molecule has 0 aromatic carbocycles. The first-order valence-corrected chi connectivity index (χ1v) is 19.7. The number of allylic oxidation sites excluding steroid dienone is 2. The highest BCUT2D eigenvalue weighted by Crippen LogP contribution is 2.43. The zero-order valence-corrected chi connectivity index (χ0v) is 30.3. The van der Waals surface area contributed by atoms with Gasteiger partial charge in [0.25, 0.3) is 0 Å². The Morgan fingerprint density at radius 3 is 1.57 bits per heavy atom. The van der Waals surface area contributed by atoms with Crippen molar-refractivity contribution < 1.29 is 47.5 Å². The van der Waals surface area contributed by atoms with Crippen LogP contribution in [0.5, 0.6) is 0 Å². The Kier molecular flexibility index (Phi) is 30.3. The molecular formula is C35H66NO10P. The summed E-state index contributed by atoms with van der Waals surface area (Å²) in [5, 5.41) is 8.84. The number of nitrogens with two attached hydrogens (primary N) is 1. The van der Waals surface area contributed by atoms with Gasteiger partial charge in [-0.25, -0.2) is 4.57 Å². The summed E-state index contributed by atoms with van der Waals surface area (Å²) in [5.74, 6) is -2.39. The number of carbonyl (C=O) groups excluding carboxylic acids is 2. The van der Waals surface area contributed by atoms with Crippen LogP contribution in [0.4, 0.5) is 0 Å². The van der Waals surface area contributed by atoms with Gasteiger partial charge < -0.3 is 25.2 Å². The lowest BCUT2D eigenvalue weighted by Crippen LogP contribution is -2.34. The quantitative estimate of drug-likeness (QED) is 0.0255. The van der Waals surface area contributed by atoms with Gasteiger partial charge in [-0.3, -0.25) is 23.4 Å². The minimum absolute atomic E-state index is 0.163. The van der Waals surface area contributed by atoms with Gasteiger partial charge in [0.1, 0.15) is 12.6 Å². The summed E-state index contributed by atoms with van der Waals surface area (Å²) >= 11 is 0. The van der Waals surface area contributed by atoms with Gasteiger partial charge >= 0.3 is 25.7 Å². The lowest BCUT2D eigenvalue weighted by Gasteiger charge is -2.20. The van der Waals surface area contributed by atoms with Crippen LogP contribution in [0.25, 0.3) is 0 Å². The number of phosphoric ester groups is 1. The first kappa shape index (κ1) is 45.2. The normalized spacial score (nSPS) is 14.1. The third-order valence-corrected chi connectivity index (χ3v) is 8.71. The van der Waals surface area contributed by atoms with Crippen LogP contribution >= 0.6 is 7.82 Å². The molecule has 4 N–H and O–H groups in total. The van der Waals surface area contributed by atoms with Gasteiger partial charge in [0, 0.05) is 12.8 Å². The van der Waals surface area contributed by atoms with Crippen LogP contribution in [0.3, 0.4) is 0 Å². The lowest BCUT2D eigenvalue weighted by molar-refractivity contribution is -0.161. The molecule has 276 valence electrons. The van der Waals surface area contributed by atoms with Crippen LogP contribution in [0.2, 0.25) is 0 Å². The van der Waals surface area contributed by atoms with Crippen LogP contribution < -0.4 is 5.73 Å². The lowest BCUT2D eigenvalue weighted by atomic mass is 10.1. The molecule has 0 aliphatic rings. The molecule has 47 heavy (non-hydrogen) atoms. The summed E-state index contributed by atoms with van der Waals surface area (Å²) in [6.45, 7) is 2.74. The Morgan fingerprint density at radius 1 is 0.638 bits per heavy atom. The van der Waals surface area contributed by atoms with Gasteiger partial charge in [-0.1, -0.05) is 122 Å². The minimum Gasteiger partial charge on any atom is -0.480 e. The number of carboxylic acids is 1. The van der Waals surface area contributed by atoms with E-state index in [1.165, 1.54) is 64.2 Å². The van der Waals surface area contributed by atoms with Crippen LogP contribution in [0.1, 0.15) is 162 Å². The molecule has 0 aromatic heterocycles. The Morgan fingerprint density at radius 2 is 1.06 bits per heavy atom. The van der Waals surface area contributed by atoms with Gasteiger partial charge in [0.2, 0.25) is 0 Å². The summed E-state index contributed by atoms with van der Waals surface area (Å²) < 4.78 is 32.5. The molecule has 0 heterocycles. The van der Waals surface area contributed by atoms with Crippen LogP contribution in [0, 0.1) is 0 Å². The van der Waals surface area contributed by atoms with E-state index in [0.717, 1.165) is 57.8 Å². The third-order valence-electron chi connectivity index (χ3n) is 7.76. The summed E-state index contributed by atoms with van der Waals surface area (Å²) in [7, 11) is -4.70. The highest BCUT2D eigenvalue weighted by Gasteiger charge is 2.28. The zero-order valence-electron chi connectivity index (χ0n) is 29.4. The van der Waals surface area contributed by atoms with E-state index < -0.39 is 51.1 Å². The highest BCUT2D eigenvalue weighted by atomic mass is 31.2. The number of unbranched alkanes of at least 4 members (excludes halogenated alkanes) is 18. The maximum Gasteiger partial charge on any atom is 0.472 e. The van der Waals surface area contributed by atoms with Gasteiger partial charge in [0.15, 0.2) is 6.10 Å².